The molecule has 1 saturated heterocycles. The summed E-state index contributed by atoms with van der Waals surface area (Å²) in [6.45, 7) is 5.78. The number of ether oxygens (including phenoxy) is 1. The predicted octanol–water partition coefficient (Wildman–Crippen LogP) is 2.72. The molecule has 0 bridgehead atoms. The number of hydrogen-bond acceptors (Lipinski definition) is 2. The van der Waals surface area contributed by atoms with Crippen molar-refractivity contribution in [2.24, 2.45) is 0 Å². The Morgan fingerprint density at radius 1 is 1.38 bits per heavy atom. The van der Waals surface area contributed by atoms with Crippen molar-refractivity contribution in [1.29, 1.82) is 0 Å². The van der Waals surface area contributed by atoms with Crippen LogP contribution in [0.3, 0.4) is 0 Å². The summed E-state index contributed by atoms with van der Waals surface area (Å²) in [5.74, 6) is -1.25. The molecule has 1 heterocycles. The average Bonchev–Trinajstić information content (AvgIpc) is 2.87. The summed E-state index contributed by atoms with van der Waals surface area (Å²) in [5, 5.41) is 8.88. The summed E-state index contributed by atoms with van der Waals surface area (Å²) >= 11 is 0. The van der Waals surface area contributed by atoms with Crippen molar-refractivity contribution >= 4 is 5.97 Å². The van der Waals surface area contributed by atoms with Gasteiger partial charge in [0.15, 0.2) is 0 Å². The lowest BCUT2D eigenvalue weighted by Gasteiger charge is -2.07. The molecule has 0 radical (unpaired) electrons. The molecular formula is C13H16O3. The van der Waals surface area contributed by atoms with Crippen LogP contribution in [-0.4, -0.2) is 16.7 Å². The van der Waals surface area contributed by atoms with Crippen molar-refractivity contribution in [3.8, 4) is 0 Å². The van der Waals surface area contributed by atoms with E-state index in [1.807, 2.05) is 38.1 Å². The van der Waals surface area contributed by atoms with Crippen LogP contribution in [0.2, 0.25) is 0 Å². The summed E-state index contributed by atoms with van der Waals surface area (Å²) in [6, 6.07) is 7.64. The van der Waals surface area contributed by atoms with Crippen LogP contribution in [-0.2, 0) is 9.53 Å². The Bertz CT molecular complexity index is 406. The summed E-state index contributed by atoms with van der Waals surface area (Å²) in [5.41, 5.74) is 1.88. The molecule has 1 N–H and O–H groups in total. The lowest BCUT2D eigenvalue weighted by Crippen LogP contribution is -2.07. The van der Waals surface area contributed by atoms with E-state index in [9.17, 15) is 4.79 Å². The maximum atomic E-state index is 10.8. The minimum Gasteiger partial charge on any atom is -0.481 e. The predicted molar refractivity (Wildman–Crippen MR) is 60.4 cm³/mol. The second kappa shape index (κ2) is 3.59. The van der Waals surface area contributed by atoms with E-state index in [0.29, 0.717) is 0 Å². The third-order valence-electron chi connectivity index (χ3n) is 3.11. The third-order valence-corrected chi connectivity index (χ3v) is 3.11. The second-order valence-corrected chi connectivity index (χ2v) is 4.83. The van der Waals surface area contributed by atoms with Gasteiger partial charge in [0, 0.05) is 0 Å². The first-order chi connectivity index (χ1) is 7.42. The summed E-state index contributed by atoms with van der Waals surface area (Å²) in [4.78, 5) is 10.8. The Morgan fingerprint density at radius 3 is 2.25 bits per heavy atom. The highest BCUT2D eigenvalue weighted by molar-refractivity contribution is 5.75. The van der Waals surface area contributed by atoms with E-state index in [4.69, 9.17) is 9.84 Å². The number of rotatable bonds is 3. The molecule has 1 aliphatic rings. The van der Waals surface area contributed by atoms with Gasteiger partial charge in [-0.25, -0.2) is 0 Å². The van der Waals surface area contributed by atoms with Crippen LogP contribution in [0.4, 0.5) is 0 Å². The number of hydrogen-bond donors (Lipinski definition) is 1. The van der Waals surface area contributed by atoms with Crippen LogP contribution in [0.15, 0.2) is 24.3 Å². The standard InChI is InChI=1S/C13H16O3/c1-8(12(14)15)9-4-6-10(7-5-9)11-13(2,3)16-11/h4-8,11H,1-3H3,(H,14,15)/t8-,11+/m0/s1. The van der Waals surface area contributed by atoms with E-state index in [1.165, 1.54) is 0 Å². The van der Waals surface area contributed by atoms with Crippen LogP contribution in [0, 0.1) is 0 Å². The van der Waals surface area contributed by atoms with E-state index in [-0.39, 0.29) is 11.7 Å². The fourth-order valence-corrected chi connectivity index (χ4v) is 1.84. The highest BCUT2D eigenvalue weighted by atomic mass is 16.6. The van der Waals surface area contributed by atoms with Gasteiger partial charge in [-0.3, -0.25) is 4.79 Å². The van der Waals surface area contributed by atoms with Crippen molar-refractivity contribution < 1.29 is 14.6 Å². The molecule has 3 nitrogen and oxygen atoms in total. The molecular weight excluding hydrogens is 204 g/mol. The summed E-state index contributed by atoms with van der Waals surface area (Å²) < 4.78 is 5.52. The number of epoxide rings is 1. The number of carboxylic acid groups (broad SMARTS) is 1. The van der Waals surface area contributed by atoms with Gasteiger partial charge in [-0.1, -0.05) is 24.3 Å². The van der Waals surface area contributed by atoms with Gasteiger partial charge in [0.2, 0.25) is 0 Å². The van der Waals surface area contributed by atoms with E-state index in [1.54, 1.807) is 6.92 Å². The Balaban J connectivity index is 2.14. The first-order valence-electron chi connectivity index (χ1n) is 5.42. The molecule has 0 amide bonds. The normalized spacial score (nSPS) is 23.8. The lowest BCUT2D eigenvalue weighted by atomic mass is 9.97. The summed E-state index contributed by atoms with van der Waals surface area (Å²) in [6.07, 6.45) is 0.154. The molecule has 2 rings (SSSR count). The molecule has 16 heavy (non-hydrogen) atoms. The van der Waals surface area contributed by atoms with Crippen molar-refractivity contribution in [1.82, 2.24) is 0 Å². The molecule has 1 aliphatic heterocycles. The Labute approximate surface area is 95.0 Å². The van der Waals surface area contributed by atoms with Gasteiger partial charge in [0.25, 0.3) is 0 Å². The Morgan fingerprint density at radius 2 is 1.88 bits per heavy atom. The van der Waals surface area contributed by atoms with Crippen LogP contribution < -0.4 is 0 Å². The van der Waals surface area contributed by atoms with Crippen LogP contribution in [0.1, 0.15) is 43.9 Å². The van der Waals surface area contributed by atoms with Crippen molar-refractivity contribution in [3.05, 3.63) is 35.4 Å². The fraction of sp³-hybridized carbons (Fsp3) is 0.462. The van der Waals surface area contributed by atoms with Gasteiger partial charge in [-0.05, 0) is 31.9 Å². The molecule has 86 valence electrons. The zero-order valence-electron chi connectivity index (χ0n) is 9.73. The fourth-order valence-electron chi connectivity index (χ4n) is 1.84. The number of benzene rings is 1. The Kier molecular flexibility index (Phi) is 2.50. The summed E-state index contributed by atoms with van der Waals surface area (Å²) in [7, 11) is 0. The maximum Gasteiger partial charge on any atom is 0.310 e. The zero-order chi connectivity index (χ0) is 11.9. The SMILES string of the molecule is C[C@H](C(=O)O)c1ccc([C@H]2OC2(C)C)cc1. The minimum absolute atomic E-state index is 0.0695. The molecule has 1 aromatic carbocycles. The molecule has 0 saturated carbocycles. The average molecular weight is 220 g/mol. The topological polar surface area (TPSA) is 49.8 Å². The van der Waals surface area contributed by atoms with Gasteiger partial charge >= 0.3 is 5.97 Å². The first kappa shape index (κ1) is 11.1. The van der Waals surface area contributed by atoms with Gasteiger partial charge < -0.3 is 9.84 Å². The van der Waals surface area contributed by atoms with Gasteiger partial charge in [0.1, 0.15) is 6.10 Å². The van der Waals surface area contributed by atoms with E-state index >= 15 is 0 Å². The number of carbonyl (C=O) groups is 1. The van der Waals surface area contributed by atoms with Gasteiger partial charge in [0.05, 0.1) is 11.5 Å². The van der Waals surface area contributed by atoms with Gasteiger partial charge in [-0.15, -0.1) is 0 Å². The molecule has 0 aromatic heterocycles. The molecule has 0 spiro atoms. The van der Waals surface area contributed by atoms with Gasteiger partial charge in [-0.2, -0.15) is 0 Å². The lowest BCUT2D eigenvalue weighted by molar-refractivity contribution is -0.138. The molecule has 0 unspecified atom stereocenters. The molecule has 0 aliphatic carbocycles. The van der Waals surface area contributed by atoms with Crippen LogP contribution in [0.5, 0.6) is 0 Å². The van der Waals surface area contributed by atoms with Crippen molar-refractivity contribution in [2.75, 3.05) is 0 Å². The second-order valence-electron chi connectivity index (χ2n) is 4.83. The molecule has 1 fully saturated rings. The van der Waals surface area contributed by atoms with Crippen LogP contribution in [0.25, 0.3) is 0 Å². The molecule has 2 atom stereocenters. The third kappa shape index (κ3) is 1.95. The smallest absolute Gasteiger partial charge is 0.310 e. The highest BCUT2D eigenvalue weighted by Crippen LogP contribution is 2.48. The first-order valence-corrected chi connectivity index (χ1v) is 5.42. The molecule has 3 heteroatoms. The van der Waals surface area contributed by atoms with Crippen LogP contribution >= 0.6 is 0 Å². The number of aliphatic carboxylic acids is 1. The number of carboxylic acids is 1. The maximum absolute atomic E-state index is 10.8. The van der Waals surface area contributed by atoms with Crippen molar-refractivity contribution in [2.45, 2.75) is 38.4 Å². The van der Waals surface area contributed by atoms with Crippen molar-refractivity contribution in [3.63, 3.8) is 0 Å². The van der Waals surface area contributed by atoms with E-state index in [2.05, 4.69) is 0 Å². The Hall–Kier alpha value is -1.35. The monoisotopic (exact) mass is 220 g/mol. The highest BCUT2D eigenvalue weighted by Gasteiger charge is 2.48. The zero-order valence-corrected chi connectivity index (χ0v) is 9.73. The quantitative estimate of drug-likeness (QED) is 0.797. The molecule has 1 aromatic rings. The van der Waals surface area contributed by atoms with E-state index < -0.39 is 11.9 Å². The van der Waals surface area contributed by atoms with E-state index in [0.717, 1.165) is 11.1 Å². The largest absolute Gasteiger partial charge is 0.481 e. The minimum atomic E-state index is -0.796.